The highest BCUT2D eigenvalue weighted by molar-refractivity contribution is 5.84. The molecule has 0 aliphatic carbocycles. The molecule has 1 unspecified atom stereocenters. The Labute approximate surface area is 169 Å². The summed E-state index contributed by atoms with van der Waals surface area (Å²) in [5.41, 5.74) is 1.73. The standard InChI is InChI=1S/C21H23N7O/c29-18-17(13-7-8-14-22-18)25-21-27-19(23-15-9-3-1-4-10-15)26-20(28-21)24-16-11-5-2-6-12-16/h1-6,9-12,17H,7-8,13-14H2,(H,22,29)(H3,23,24,25,26,27,28). The highest BCUT2D eigenvalue weighted by atomic mass is 16.2. The Bertz CT molecular complexity index is 890. The zero-order valence-electron chi connectivity index (χ0n) is 15.9. The lowest BCUT2D eigenvalue weighted by molar-refractivity contribution is -0.121. The van der Waals surface area contributed by atoms with Crippen molar-refractivity contribution in [3.05, 3.63) is 60.7 Å². The third-order valence-electron chi connectivity index (χ3n) is 4.53. The Hall–Kier alpha value is -3.68. The monoisotopic (exact) mass is 389 g/mol. The molecule has 1 atom stereocenters. The van der Waals surface area contributed by atoms with Crippen LogP contribution in [0.15, 0.2) is 60.7 Å². The Balaban J connectivity index is 1.60. The van der Waals surface area contributed by atoms with Gasteiger partial charge in [0, 0.05) is 17.9 Å². The van der Waals surface area contributed by atoms with E-state index in [9.17, 15) is 4.79 Å². The molecule has 8 heteroatoms. The molecule has 1 aliphatic heterocycles. The molecule has 0 spiro atoms. The van der Waals surface area contributed by atoms with E-state index in [1.54, 1.807) is 0 Å². The molecule has 4 N–H and O–H groups in total. The average molecular weight is 389 g/mol. The molecule has 148 valence electrons. The Morgan fingerprint density at radius 1 is 0.759 bits per heavy atom. The number of para-hydroxylation sites is 2. The van der Waals surface area contributed by atoms with Crippen molar-refractivity contribution in [3.8, 4) is 0 Å². The summed E-state index contributed by atoms with van der Waals surface area (Å²) in [6.07, 6.45) is 2.68. The third kappa shape index (κ3) is 5.19. The number of amides is 1. The fourth-order valence-electron chi connectivity index (χ4n) is 3.09. The second kappa shape index (κ2) is 9.01. The van der Waals surface area contributed by atoms with Crippen LogP contribution in [0.25, 0.3) is 0 Å². The van der Waals surface area contributed by atoms with Gasteiger partial charge < -0.3 is 21.3 Å². The van der Waals surface area contributed by atoms with Gasteiger partial charge in [-0.25, -0.2) is 0 Å². The molecule has 1 saturated heterocycles. The van der Waals surface area contributed by atoms with Crippen molar-refractivity contribution in [2.24, 2.45) is 0 Å². The number of rotatable bonds is 6. The number of nitrogens with one attached hydrogen (secondary N) is 4. The van der Waals surface area contributed by atoms with Gasteiger partial charge in [-0.1, -0.05) is 36.4 Å². The minimum absolute atomic E-state index is 0.0296. The van der Waals surface area contributed by atoms with Gasteiger partial charge in [-0.15, -0.1) is 0 Å². The van der Waals surface area contributed by atoms with Gasteiger partial charge in [-0.2, -0.15) is 15.0 Å². The molecular weight excluding hydrogens is 366 g/mol. The molecule has 2 heterocycles. The maximum atomic E-state index is 12.3. The van der Waals surface area contributed by atoms with Crippen molar-refractivity contribution in [2.45, 2.75) is 25.3 Å². The van der Waals surface area contributed by atoms with E-state index in [2.05, 4.69) is 36.2 Å². The topological polar surface area (TPSA) is 104 Å². The first-order chi connectivity index (χ1) is 14.3. The molecule has 1 aliphatic rings. The molecule has 1 fully saturated rings. The first-order valence-corrected chi connectivity index (χ1v) is 9.71. The molecule has 2 aromatic carbocycles. The van der Waals surface area contributed by atoms with Gasteiger partial charge in [0.05, 0.1) is 0 Å². The molecular formula is C21H23N7O. The normalized spacial score (nSPS) is 16.4. The summed E-state index contributed by atoms with van der Waals surface area (Å²) in [7, 11) is 0. The van der Waals surface area contributed by atoms with Crippen molar-refractivity contribution >= 4 is 35.1 Å². The maximum Gasteiger partial charge on any atom is 0.242 e. The summed E-state index contributed by atoms with van der Waals surface area (Å²) in [4.78, 5) is 25.7. The first kappa shape index (κ1) is 18.7. The predicted octanol–water partition coefficient (Wildman–Crippen LogP) is 3.44. The van der Waals surface area contributed by atoms with Crippen molar-refractivity contribution in [2.75, 3.05) is 22.5 Å². The Kier molecular flexibility index (Phi) is 5.80. The number of nitrogens with zero attached hydrogens (tertiary/aromatic N) is 3. The van der Waals surface area contributed by atoms with E-state index in [0.717, 1.165) is 30.6 Å². The van der Waals surface area contributed by atoms with Crippen molar-refractivity contribution in [1.82, 2.24) is 20.3 Å². The zero-order chi connectivity index (χ0) is 19.9. The van der Waals surface area contributed by atoms with Crippen molar-refractivity contribution in [1.29, 1.82) is 0 Å². The lowest BCUT2D eigenvalue weighted by Crippen LogP contribution is -2.38. The van der Waals surface area contributed by atoms with E-state index in [-0.39, 0.29) is 11.9 Å². The molecule has 4 rings (SSSR count). The van der Waals surface area contributed by atoms with Crippen LogP contribution in [-0.4, -0.2) is 33.4 Å². The minimum atomic E-state index is -0.367. The molecule has 1 aromatic heterocycles. The second-order valence-electron chi connectivity index (χ2n) is 6.77. The van der Waals surface area contributed by atoms with Crippen LogP contribution in [0.4, 0.5) is 29.2 Å². The van der Waals surface area contributed by atoms with Crippen LogP contribution in [0, 0.1) is 0 Å². The van der Waals surface area contributed by atoms with Gasteiger partial charge >= 0.3 is 0 Å². The maximum absolute atomic E-state index is 12.3. The predicted molar refractivity (Wildman–Crippen MR) is 114 cm³/mol. The van der Waals surface area contributed by atoms with Gasteiger partial charge in [-0.05, 0) is 43.5 Å². The largest absolute Gasteiger partial charge is 0.354 e. The summed E-state index contributed by atoms with van der Waals surface area (Å²) < 4.78 is 0. The number of hydrogen-bond acceptors (Lipinski definition) is 7. The highest BCUT2D eigenvalue weighted by Crippen LogP contribution is 2.19. The summed E-state index contributed by atoms with van der Waals surface area (Å²) in [5, 5.41) is 12.5. The highest BCUT2D eigenvalue weighted by Gasteiger charge is 2.22. The van der Waals surface area contributed by atoms with Gasteiger partial charge in [-0.3, -0.25) is 4.79 Å². The molecule has 8 nitrogen and oxygen atoms in total. The third-order valence-corrected chi connectivity index (χ3v) is 4.53. The molecule has 29 heavy (non-hydrogen) atoms. The molecule has 0 bridgehead atoms. The van der Waals surface area contributed by atoms with E-state index >= 15 is 0 Å². The van der Waals surface area contributed by atoms with Crippen LogP contribution in [0.2, 0.25) is 0 Å². The van der Waals surface area contributed by atoms with Crippen LogP contribution < -0.4 is 21.3 Å². The number of carbonyl (C=O) groups excluding carboxylic acids is 1. The summed E-state index contributed by atoms with van der Waals surface area (Å²) in [6, 6.07) is 19.0. The molecule has 0 radical (unpaired) electrons. The van der Waals surface area contributed by atoms with Gasteiger partial charge in [0.25, 0.3) is 0 Å². The first-order valence-electron chi connectivity index (χ1n) is 9.71. The van der Waals surface area contributed by atoms with Crippen LogP contribution in [0.1, 0.15) is 19.3 Å². The number of carbonyl (C=O) groups is 1. The van der Waals surface area contributed by atoms with Crippen molar-refractivity contribution < 1.29 is 4.79 Å². The van der Waals surface area contributed by atoms with Crippen LogP contribution >= 0.6 is 0 Å². The van der Waals surface area contributed by atoms with E-state index in [1.807, 2.05) is 60.7 Å². The lowest BCUT2D eigenvalue weighted by atomic mass is 10.1. The number of benzene rings is 2. The SMILES string of the molecule is O=C1NCCCCC1Nc1nc(Nc2ccccc2)nc(Nc2ccccc2)n1. The van der Waals surface area contributed by atoms with E-state index in [1.165, 1.54) is 0 Å². The van der Waals surface area contributed by atoms with Crippen LogP contribution in [-0.2, 0) is 4.79 Å². The summed E-state index contributed by atoms with van der Waals surface area (Å²) in [6.45, 7) is 0.704. The van der Waals surface area contributed by atoms with E-state index in [4.69, 9.17) is 0 Å². The number of hydrogen-bond donors (Lipinski definition) is 4. The fraction of sp³-hybridized carbons (Fsp3) is 0.238. The van der Waals surface area contributed by atoms with Crippen molar-refractivity contribution in [3.63, 3.8) is 0 Å². The molecule has 3 aromatic rings. The fourth-order valence-corrected chi connectivity index (χ4v) is 3.09. The van der Waals surface area contributed by atoms with Crippen LogP contribution in [0.3, 0.4) is 0 Å². The smallest absolute Gasteiger partial charge is 0.242 e. The van der Waals surface area contributed by atoms with Crippen LogP contribution in [0.5, 0.6) is 0 Å². The Morgan fingerprint density at radius 3 is 1.90 bits per heavy atom. The molecule has 1 amide bonds. The summed E-state index contributed by atoms with van der Waals surface area (Å²) in [5.74, 6) is 1.10. The minimum Gasteiger partial charge on any atom is -0.354 e. The van der Waals surface area contributed by atoms with E-state index in [0.29, 0.717) is 24.4 Å². The quantitative estimate of drug-likeness (QED) is 0.512. The Morgan fingerprint density at radius 2 is 1.31 bits per heavy atom. The zero-order valence-corrected chi connectivity index (χ0v) is 15.9. The second-order valence-corrected chi connectivity index (χ2v) is 6.77. The number of anilines is 5. The lowest BCUT2D eigenvalue weighted by Gasteiger charge is -2.16. The van der Waals surface area contributed by atoms with E-state index < -0.39 is 0 Å². The van der Waals surface area contributed by atoms with Gasteiger partial charge in [0.1, 0.15) is 6.04 Å². The van der Waals surface area contributed by atoms with Gasteiger partial charge in [0.15, 0.2) is 0 Å². The van der Waals surface area contributed by atoms with Gasteiger partial charge in [0.2, 0.25) is 23.8 Å². The average Bonchev–Trinajstić information content (AvgIpc) is 2.94. The molecule has 0 saturated carbocycles. The number of aromatic nitrogens is 3. The summed E-state index contributed by atoms with van der Waals surface area (Å²) >= 11 is 0.